The Morgan fingerprint density at radius 3 is 2.43 bits per heavy atom. The van der Waals surface area contributed by atoms with Gasteiger partial charge < -0.3 is 19.8 Å². The van der Waals surface area contributed by atoms with Crippen molar-refractivity contribution in [3.8, 4) is 5.75 Å². The highest BCUT2D eigenvalue weighted by atomic mass is 16.5. The Labute approximate surface area is 203 Å². The molecule has 9 heteroatoms. The van der Waals surface area contributed by atoms with Crippen LogP contribution in [0.15, 0.2) is 71.6 Å². The molecule has 35 heavy (non-hydrogen) atoms. The van der Waals surface area contributed by atoms with Gasteiger partial charge in [0.2, 0.25) is 11.8 Å². The standard InChI is InChI=1S/C26H28N4O5/c1-34-21-10-8-20(9-11-21)30(23(31)17-28-25(32)22-7-4-16-35-22)24(18-12-14-27-15-13-18)26(33)29-19-5-2-3-6-19/h4,7-16,19,24H,2-3,5-6,17H2,1H3,(H,28,32)(H,29,33)/t24-/m0/s1. The average molecular weight is 477 g/mol. The number of anilines is 1. The van der Waals surface area contributed by atoms with E-state index in [9.17, 15) is 14.4 Å². The van der Waals surface area contributed by atoms with Crippen molar-refractivity contribution in [3.63, 3.8) is 0 Å². The minimum absolute atomic E-state index is 0.0679. The number of nitrogens with zero attached hydrogens (tertiary/aromatic N) is 2. The SMILES string of the molecule is COc1ccc(N(C(=O)CNC(=O)c2ccco2)[C@H](C(=O)NC2CCCC2)c2ccncc2)cc1. The van der Waals surface area contributed by atoms with Crippen LogP contribution < -0.4 is 20.3 Å². The minimum Gasteiger partial charge on any atom is -0.497 e. The maximum absolute atomic E-state index is 13.6. The fourth-order valence-corrected chi connectivity index (χ4v) is 4.23. The van der Waals surface area contributed by atoms with Crippen molar-refractivity contribution in [1.29, 1.82) is 0 Å². The van der Waals surface area contributed by atoms with Crippen molar-refractivity contribution in [3.05, 3.63) is 78.5 Å². The van der Waals surface area contributed by atoms with Crippen LogP contribution in [-0.2, 0) is 9.59 Å². The lowest BCUT2D eigenvalue weighted by Crippen LogP contribution is -2.49. The monoisotopic (exact) mass is 476 g/mol. The van der Waals surface area contributed by atoms with Crippen LogP contribution in [0.2, 0.25) is 0 Å². The molecule has 2 N–H and O–H groups in total. The summed E-state index contributed by atoms with van der Waals surface area (Å²) < 4.78 is 10.4. The van der Waals surface area contributed by atoms with Gasteiger partial charge in [-0.1, -0.05) is 12.8 Å². The van der Waals surface area contributed by atoms with Gasteiger partial charge in [0.05, 0.1) is 19.9 Å². The maximum Gasteiger partial charge on any atom is 0.287 e. The zero-order chi connectivity index (χ0) is 24.6. The summed E-state index contributed by atoms with van der Waals surface area (Å²) in [7, 11) is 1.55. The van der Waals surface area contributed by atoms with E-state index in [0.717, 1.165) is 25.7 Å². The molecule has 0 bridgehead atoms. The lowest BCUT2D eigenvalue weighted by Gasteiger charge is -2.32. The molecular formula is C26H28N4O5. The number of nitrogens with one attached hydrogen (secondary N) is 2. The fourth-order valence-electron chi connectivity index (χ4n) is 4.23. The molecule has 0 aliphatic heterocycles. The van der Waals surface area contributed by atoms with Gasteiger partial charge in [-0.05, 0) is 66.9 Å². The molecule has 1 aliphatic rings. The smallest absolute Gasteiger partial charge is 0.287 e. The van der Waals surface area contributed by atoms with E-state index in [0.29, 0.717) is 17.0 Å². The Hall–Kier alpha value is -4.14. The first kappa shape index (κ1) is 24.0. The zero-order valence-corrected chi connectivity index (χ0v) is 19.5. The number of hydrogen-bond donors (Lipinski definition) is 2. The number of carbonyl (C=O) groups is 3. The number of ether oxygens (including phenoxy) is 1. The normalized spacial score (nSPS) is 14.2. The molecule has 1 saturated carbocycles. The van der Waals surface area contributed by atoms with Crippen LogP contribution in [0.4, 0.5) is 5.69 Å². The van der Waals surface area contributed by atoms with Gasteiger partial charge in [-0.25, -0.2) is 0 Å². The summed E-state index contributed by atoms with van der Waals surface area (Å²) in [5.74, 6) is -0.557. The minimum atomic E-state index is -0.958. The van der Waals surface area contributed by atoms with Gasteiger partial charge in [-0.2, -0.15) is 0 Å². The molecule has 1 fully saturated rings. The molecule has 3 amide bonds. The Bertz CT molecular complexity index is 1130. The first-order chi connectivity index (χ1) is 17.1. The van der Waals surface area contributed by atoms with Crippen LogP contribution in [0, 0.1) is 0 Å². The number of aromatic nitrogens is 1. The van der Waals surface area contributed by atoms with E-state index in [1.54, 1.807) is 62.0 Å². The molecule has 0 radical (unpaired) electrons. The molecule has 1 aliphatic carbocycles. The molecule has 2 aromatic heterocycles. The summed E-state index contributed by atoms with van der Waals surface area (Å²) in [6, 6.07) is 12.5. The number of carbonyl (C=O) groups excluding carboxylic acids is 3. The Morgan fingerprint density at radius 2 is 1.80 bits per heavy atom. The lowest BCUT2D eigenvalue weighted by atomic mass is 10.0. The van der Waals surface area contributed by atoms with Gasteiger partial charge in [0.15, 0.2) is 5.76 Å². The van der Waals surface area contributed by atoms with E-state index < -0.39 is 17.9 Å². The largest absolute Gasteiger partial charge is 0.497 e. The second-order valence-electron chi connectivity index (χ2n) is 8.29. The van der Waals surface area contributed by atoms with E-state index in [2.05, 4.69) is 15.6 Å². The predicted molar refractivity (Wildman–Crippen MR) is 129 cm³/mol. The Balaban J connectivity index is 1.66. The number of furan rings is 1. The van der Waals surface area contributed by atoms with E-state index >= 15 is 0 Å². The van der Waals surface area contributed by atoms with Gasteiger partial charge in [0, 0.05) is 24.1 Å². The number of amides is 3. The third kappa shape index (κ3) is 5.87. The summed E-state index contributed by atoms with van der Waals surface area (Å²) in [6.45, 7) is -0.330. The second-order valence-corrected chi connectivity index (χ2v) is 8.29. The number of rotatable bonds is 9. The highest BCUT2D eigenvalue weighted by molar-refractivity contribution is 6.04. The van der Waals surface area contributed by atoms with Gasteiger partial charge in [0.25, 0.3) is 5.91 Å². The summed E-state index contributed by atoms with van der Waals surface area (Å²) in [5, 5.41) is 5.70. The number of hydrogen-bond acceptors (Lipinski definition) is 6. The molecule has 9 nitrogen and oxygen atoms in total. The van der Waals surface area contributed by atoms with Gasteiger partial charge in [0.1, 0.15) is 11.8 Å². The number of pyridine rings is 1. The van der Waals surface area contributed by atoms with Crippen molar-refractivity contribution in [1.82, 2.24) is 15.6 Å². The van der Waals surface area contributed by atoms with Crippen LogP contribution >= 0.6 is 0 Å². The van der Waals surface area contributed by atoms with Crippen molar-refractivity contribution in [2.75, 3.05) is 18.6 Å². The molecule has 2 heterocycles. The van der Waals surface area contributed by atoms with E-state index in [-0.39, 0.29) is 24.3 Å². The highest BCUT2D eigenvalue weighted by Crippen LogP contribution is 2.30. The van der Waals surface area contributed by atoms with Crippen molar-refractivity contribution < 1.29 is 23.5 Å². The lowest BCUT2D eigenvalue weighted by molar-refractivity contribution is -0.126. The molecule has 1 aromatic carbocycles. The highest BCUT2D eigenvalue weighted by Gasteiger charge is 2.34. The second kappa shape index (κ2) is 11.3. The third-order valence-corrected chi connectivity index (χ3v) is 5.99. The molecule has 182 valence electrons. The molecular weight excluding hydrogens is 448 g/mol. The van der Waals surface area contributed by atoms with Crippen LogP contribution in [0.3, 0.4) is 0 Å². The first-order valence-electron chi connectivity index (χ1n) is 11.5. The maximum atomic E-state index is 13.6. The Kier molecular flexibility index (Phi) is 7.77. The van der Waals surface area contributed by atoms with Crippen molar-refractivity contribution in [2.45, 2.75) is 37.8 Å². The van der Waals surface area contributed by atoms with Crippen molar-refractivity contribution in [2.24, 2.45) is 0 Å². The van der Waals surface area contributed by atoms with E-state index in [1.165, 1.54) is 17.2 Å². The molecule has 0 unspecified atom stereocenters. The number of methoxy groups -OCH3 is 1. The summed E-state index contributed by atoms with van der Waals surface area (Å²) >= 11 is 0. The Morgan fingerprint density at radius 1 is 1.09 bits per heavy atom. The topological polar surface area (TPSA) is 114 Å². The molecule has 3 aromatic rings. The van der Waals surface area contributed by atoms with Crippen molar-refractivity contribution >= 4 is 23.4 Å². The molecule has 0 spiro atoms. The summed E-state index contributed by atoms with van der Waals surface area (Å²) in [5.41, 5.74) is 1.10. The van der Waals surface area contributed by atoms with Crippen LogP contribution in [-0.4, -0.2) is 42.4 Å². The first-order valence-corrected chi connectivity index (χ1v) is 11.5. The van der Waals surface area contributed by atoms with Gasteiger partial charge in [-0.15, -0.1) is 0 Å². The molecule has 0 saturated heterocycles. The quantitative estimate of drug-likeness (QED) is 0.490. The average Bonchev–Trinajstić information content (AvgIpc) is 3.61. The summed E-state index contributed by atoms with van der Waals surface area (Å²) in [6.07, 6.45) is 8.49. The number of benzene rings is 1. The van der Waals surface area contributed by atoms with E-state index in [4.69, 9.17) is 9.15 Å². The zero-order valence-electron chi connectivity index (χ0n) is 19.5. The van der Waals surface area contributed by atoms with E-state index in [1.807, 2.05) is 0 Å². The van der Waals surface area contributed by atoms with Crippen LogP contribution in [0.5, 0.6) is 5.75 Å². The van der Waals surface area contributed by atoms with Gasteiger partial charge >= 0.3 is 0 Å². The predicted octanol–water partition coefficient (Wildman–Crippen LogP) is 3.25. The molecule has 4 rings (SSSR count). The molecule has 1 atom stereocenters. The van der Waals surface area contributed by atoms with Gasteiger partial charge in [-0.3, -0.25) is 24.3 Å². The third-order valence-electron chi connectivity index (χ3n) is 5.99. The fraction of sp³-hybridized carbons (Fsp3) is 0.308. The van der Waals surface area contributed by atoms with Crippen LogP contribution in [0.1, 0.15) is 47.8 Å². The summed E-state index contributed by atoms with van der Waals surface area (Å²) in [4.78, 5) is 45.0. The van der Waals surface area contributed by atoms with Crippen LogP contribution in [0.25, 0.3) is 0 Å².